The first-order valence-corrected chi connectivity index (χ1v) is 14.8. The first-order valence-electron chi connectivity index (χ1n) is 13.1. The Hall–Kier alpha value is -2.98. The van der Waals surface area contributed by atoms with Crippen LogP contribution in [0.2, 0.25) is 0 Å². The van der Waals surface area contributed by atoms with E-state index in [2.05, 4.69) is 64.2 Å². The standard InChI is InChI=1S/C27H37N7OS2/c1-5-31(6-2)23-14-15-24(32(7-3)8-4)29-25(23)33-16-18-34(19-17-33)27(35)37-30-26-28-22(20-36-26)21-12-10-9-11-13-21/h9-15,20H,5-8,16-19H2,1-4H3,(H,28,30). The third kappa shape index (κ3) is 6.48. The lowest BCUT2D eigenvalue weighted by atomic mass is 10.2. The van der Waals surface area contributed by atoms with E-state index < -0.39 is 0 Å². The SMILES string of the molecule is CCN(CC)c1ccc(N(CC)CC)c(N2CCN(C(=O)SNc3nc(-c4ccccc4)cs3)CC2)n1. The highest BCUT2D eigenvalue weighted by atomic mass is 32.2. The lowest BCUT2D eigenvalue weighted by Crippen LogP contribution is -2.48. The van der Waals surface area contributed by atoms with Crippen molar-refractivity contribution < 1.29 is 4.79 Å². The zero-order valence-electron chi connectivity index (χ0n) is 22.2. The van der Waals surface area contributed by atoms with Gasteiger partial charge in [-0.1, -0.05) is 30.3 Å². The Bertz CT molecular complexity index is 1140. The number of anilines is 4. The van der Waals surface area contributed by atoms with Crippen LogP contribution >= 0.6 is 23.3 Å². The predicted octanol–water partition coefficient (Wildman–Crippen LogP) is 5.90. The minimum absolute atomic E-state index is 0.0185. The van der Waals surface area contributed by atoms with Crippen molar-refractivity contribution in [1.29, 1.82) is 0 Å². The molecule has 198 valence electrons. The van der Waals surface area contributed by atoms with E-state index in [4.69, 9.17) is 4.98 Å². The van der Waals surface area contributed by atoms with Crippen LogP contribution in [0.25, 0.3) is 11.3 Å². The second-order valence-electron chi connectivity index (χ2n) is 8.70. The summed E-state index contributed by atoms with van der Waals surface area (Å²) >= 11 is 2.61. The van der Waals surface area contributed by atoms with Gasteiger partial charge in [0.2, 0.25) is 0 Å². The summed E-state index contributed by atoms with van der Waals surface area (Å²) in [5, 5.41) is 2.76. The highest BCUT2D eigenvalue weighted by Gasteiger charge is 2.26. The fourth-order valence-corrected chi connectivity index (χ4v) is 5.93. The maximum absolute atomic E-state index is 12.9. The molecule has 2 aromatic heterocycles. The van der Waals surface area contributed by atoms with Crippen LogP contribution in [0.3, 0.4) is 0 Å². The molecular formula is C27H37N7OS2. The van der Waals surface area contributed by atoms with E-state index in [-0.39, 0.29) is 5.24 Å². The van der Waals surface area contributed by atoms with Crippen molar-refractivity contribution in [2.75, 3.05) is 71.8 Å². The van der Waals surface area contributed by atoms with Gasteiger partial charge in [0.25, 0.3) is 0 Å². The summed E-state index contributed by atoms with van der Waals surface area (Å²) in [5.74, 6) is 2.02. The molecule has 0 bridgehead atoms. The summed E-state index contributed by atoms with van der Waals surface area (Å²) in [7, 11) is 0. The Morgan fingerprint density at radius 3 is 2.24 bits per heavy atom. The van der Waals surface area contributed by atoms with Gasteiger partial charge < -0.3 is 19.6 Å². The van der Waals surface area contributed by atoms with Crippen LogP contribution in [-0.2, 0) is 0 Å². The monoisotopic (exact) mass is 539 g/mol. The molecule has 0 aliphatic carbocycles. The average molecular weight is 540 g/mol. The number of pyridine rings is 1. The largest absolute Gasteiger partial charge is 0.369 e. The van der Waals surface area contributed by atoms with Crippen molar-refractivity contribution in [3.05, 3.63) is 47.8 Å². The summed E-state index contributed by atoms with van der Waals surface area (Å²) in [6.07, 6.45) is 0. The van der Waals surface area contributed by atoms with Gasteiger partial charge in [0.1, 0.15) is 5.82 Å². The van der Waals surface area contributed by atoms with Crippen LogP contribution in [-0.4, -0.2) is 72.5 Å². The second-order valence-corrected chi connectivity index (χ2v) is 10.3. The molecule has 8 nitrogen and oxygen atoms in total. The maximum atomic E-state index is 12.9. The van der Waals surface area contributed by atoms with Gasteiger partial charge in [-0.15, -0.1) is 11.3 Å². The number of carbonyl (C=O) groups is 1. The summed E-state index contributed by atoms with van der Waals surface area (Å²) in [4.78, 5) is 31.5. The number of benzene rings is 1. The van der Waals surface area contributed by atoms with Crippen LogP contribution in [0, 0.1) is 0 Å². The molecule has 10 heteroatoms. The number of nitrogens with zero attached hydrogens (tertiary/aromatic N) is 6. The first kappa shape index (κ1) is 27.1. The molecule has 0 radical (unpaired) electrons. The first-order chi connectivity index (χ1) is 18.1. The fraction of sp³-hybridized carbons (Fsp3) is 0.444. The maximum Gasteiger partial charge on any atom is 0.302 e. The van der Waals surface area contributed by atoms with Crippen molar-refractivity contribution in [2.45, 2.75) is 27.7 Å². The Kier molecular flexibility index (Phi) is 9.51. The molecule has 37 heavy (non-hydrogen) atoms. The zero-order chi connectivity index (χ0) is 26.2. The van der Waals surface area contributed by atoms with Gasteiger partial charge >= 0.3 is 5.24 Å². The van der Waals surface area contributed by atoms with Crippen molar-refractivity contribution in [2.24, 2.45) is 0 Å². The number of rotatable bonds is 10. The highest BCUT2D eigenvalue weighted by Crippen LogP contribution is 2.32. The van der Waals surface area contributed by atoms with E-state index in [1.165, 1.54) is 11.3 Å². The van der Waals surface area contributed by atoms with Gasteiger partial charge in [-0.25, -0.2) is 9.97 Å². The van der Waals surface area contributed by atoms with E-state index in [0.717, 1.165) is 84.9 Å². The molecule has 0 saturated carbocycles. The van der Waals surface area contributed by atoms with Crippen molar-refractivity contribution in [3.8, 4) is 11.3 Å². The Labute approximate surface area is 228 Å². The molecule has 1 N–H and O–H groups in total. The van der Waals surface area contributed by atoms with E-state index >= 15 is 0 Å². The molecule has 1 aliphatic heterocycles. The number of piperazine rings is 1. The van der Waals surface area contributed by atoms with E-state index in [9.17, 15) is 4.79 Å². The predicted molar refractivity (Wildman–Crippen MR) is 159 cm³/mol. The van der Waals surface area contributed by atoms with Gasteiger partial charge in [-0.05, 0) is 39.8 Å². The van der Waals surface area contributed by atoms with Crippen LogP contribution in [0.1, 0.15) is 27.7 Å². The number of amides is 1. The second kappa shape index (κ2) is 13.0. The number of carbonyl (C=O) groups excluding carboxylic acids is 1. The minimum atomic E-state index is 0.0185. The molecule has 1 amide bonds. The molecule has 0 spiro atoms. The summed E-state index contributed by atoms with van der Waals surface area (Å²) < 4.78 is 3.14. The number of aromatic nitrogens is 2. The normalized spacial score (nSPS) is 13.5. The van der Waals surface area contributed by atoms with Crippen molar-refractivity contribution in [3.63, 3.8) is 0 Å². The molecule has 1 fully saturated rings. The zero-order valence-corrected chi connectivity index (χ0v) is 23.8. The smallest absolute Gasteiger partial charge is 0.302 e. The quantitative estimate of drug-likeness (QED) is 0.320. The summed E-state index contributed by atoms with van der Waals surface area (Å²) in [6, 6.07) is 14.4. The molecule has 4 rings (SSSR count). The molecule has 3 heterocycles. The van der Waals surface area contributed by atoms with E-state index in [1.807, 2.05) is 40.6 Å². The Morgan fingerprint density at radius 2 is 1.59 bits per heavy atom. The molecule has 1 saturated heterocycles. The van der Waals surface area contributed by atoms with Gasteiger partial charge in [0.15, 0.2) is 10.9 Å². The lowest BCUT2D eigenvalue weighted by Gasteiger charge is -2.37. The van der Waals surface area contributed by atoms with Gasteiger partial charge in [-0.2, -0.15) is 0 Å². The average Bonchev–Trinajstić information content (AvgIpc) is 3.43. The summed E-state index contributed by atoms with van der Waals surface area (Å²) in [6.45, 7) is 15.2. The van der Waals surface area contributed by atoms with Crippen molar-refractivity contribution >= 4 is 51.0 Å². The number of hydrogen-bond donors (Lipinski definition) is 1. The van der Waals surface area contributed by atoms with Crippen LogP contribution in [0.15, 0.2) is 47.8 Å². The van der Waals surface area contributed by atoms with Crippen LogP contribution < -0.4 is 19.4 Å². The van der Waals surface area contributed by atoms with E-state index in [0.29, 0.717) is 13.1 Å². The van der Waals surface area contributed by atoms with Gasteiger partial charge in [0, 0.05) is 75.2 Å². The molecule has 0 unspecified atom stereocenters. The molecular weight excluding hydrogens is 502 g/mol. The van der Waals surface area contributed by atoms with E-state index in [1.54, 1.807) is 0 Å². The summed E-state index contributed by atoms with van der Waals surface area (Å²) in [5.41, 5.74) is 3.15. The molecule has 0 atom stereocenters. The Balaban J connectivity index is 1.38. The van der Waals surface area contributed by atoms with Gasteiger partial charge in [-0.3, -0.25) is 9.52 Å². The highest BCUT2D eigenvalue weighted by molar-refractivity contribution is 8.14. The molecule has 1 aromatic carbocycles. The number of nitrogens with one attached hydrogen (secondary N) is 1. The third-order valence-corrected chi connectivity index (χ3v) is 8.28. The number of thiazole rings is 1. The lowest BCUT2D eigenvalue weighted by molar-refractivity contribution is 0.219. The van der Waals surface area contributed by atoms with Crippen LogP contribution in [0.5, 0.6) is 0 Å². The minimum Gasteiger partial charge on any atom is -0.369 e. The van der Waals surface area contributed by atoms with Gasteiger partial charge in [0.05, 0.1) is 11.4 Å². The fourth-order valence-electron chi connectivity index (χ4n) is 4.51. The molecule has 1 aliphatic rings. The van der Waals surface area contributed by atoms with Crippen LogP contribution in [0.4, 0.5) is 27.2 Å². The third-order valence-electron chi connectivity index (χ3n) is 6.67. The van der Waals surface area contributed by atoms with Crippen molar-refractivity contribution in [1.82, 2.24) is 14.9 Å². The topological polar surface area (TPSA) is 67.8 Å². The Morgan fingerprint density at radius 1 is 0.919 bits per heavy atom. The molecule has 3 aromatic rings. The number of hydrogen-bond acceptors (Lipinski definition) is 9.